The van der Waals surface area contributed by atoms with Crippen LogP contribution in [0.4, 0.5) is 0 Å². The molecule has 2 fully saturated rings. The summed E-state index contributed by atoms with van der Waals surface area (Å²) in [5.41, 5.74) is 6.12. The molecule has 188 valence electrons. The molecule has 4 N–H and O–H groups in total. The maximum atomic E-state index is 13.8. The second kappa shape index (κ2) is 10.4. The van der Waals surface area contributed by atoms with Crippen LogP contribution in [0.1, 0.15) is 52.5 Å². The summed E-state index contributed by atoms with van der Waals surface area (Å²) in [5, 5.41) is 5.92. The average molecular weight is 472 g/mol. The van der Waals surface area contributed by atoms with Gasteiger partial charge in [-0.1, -0.05) is 51.1 Å². The Kier molecular flexibility index (Phi) is 8.03. The summed E-state index contributed by atoms with van der Waals surface area (Å²) in [6.07, 6.45) is 3.26. The van der Waals surface area contributed by atoms with Crippen LogP contribution in [0, 0.1) is 5.41 Å². The lowest BCUT2D eigenvalue weighted by Gasteiger charge is -2.37. The minimum atomic E-state index is -0.644. The monoisotopic (exact) mass is 471 g/mol. The molecule has 1 aromatic rings. The highest BCUT2D eigenvalue weighted by Gasteiger charge is 2.65. The van der Waals surface area contributed by atoms with Crippen LogP contribution < -0.4 is 16.4 Å². The molecule has 1 aliphatic heterocycles. The number of rotatable bonds is 9. The SMILES string of the molecule is CN[C@@H](C)C(=O)N[C@H](C(=O)N1CCCC12C[C@@H]2N(CCc1ccccc1)C(=O)CN)C(C)(C)C. The van der Waals surface area contributed by atoms with Crippen LogP contribution in [-0.2, 0) is 20.8 Å². The van der Waals surface area contributed by atoms with Crippen LogP contribution in [0.5, 0.6) is 0 Å². The van der Waals surface area contributed by atoms with Crippen LogP contribution in [-0.4, -0.2) is 77.9 Å². The van der Waals surface area contributed by atoms with Gasteiger partial charge in [0.2, 0.25) is 17.7 Å². The number of likely N-dealkylation sites (tertiary alicyclic amines) is 1. The molecule has 0 aromatic heterocycles. The van der Waals surface area contributed by atoms with Crippen LogP contribution >= 0.6 is 0 Å². The summed E-state index contributed by atoms with van der Waals surface area (Å²) in [6, 6.07) is 9.01. The van der Waals surface area contributed by atoms with Crippen molar-refractivity contribution in [2.45, 2.75) is 77.0 Å². The van der Waals surface area contributed by atoms with Crippen molar-refractivity contribution < 1.29 is 14.4 Å². The number of carbonyl (C=O) groups excluding carboxylic acids is 3. The van der Waals surface area contributed by atoms with Crippen molar-refractivity contribution in [2.24, 2.45) is 11.1 Å². The number of hydrogen-bond donors (Lipinski definition) is 3. The number of nitrogens with zero attached hydrogens (tertiary/aromatic N) is 2. The van der Waals surface area contributed by atoms with E-state index in [1.165, 1.54) is 5.56 Å². The normalized spacial score (nSPS) is 23.5. The van der Waals surface area contributed by atoms with Gasteiger partial charge in [-0.2, -0.15) is 0 Å². The zero-order valence-electron chi connectivity index (χ0n) is 21.3. The van der Waals surface area contributed by atoms with E-state index < -0.39 is 17.5 Å². The largest absolute Gasteiger partial charge is 0.342 e. The Morgan fingerprint density at radius 1 is 1.24 bits per heavy atom. The van der Waals surface area contributed by atoms with E-state index in [9.17, 15) is 14.4 Å². The first-order valence-electron chi connectivity index (χ1n) is 12.4. The van der Waals surface area contributed by atoms with E-state index in [4.69, 9.17) is 5.73 Å². The van der Waals surface area contributed by atoms with E-state index in [0.29, 0.717) is 13.1 Å². The first kappa shape index (κ1) is 26.2. The molecule has 2 aliphatic rings. The first-order valence-corrected chi connectivity index (χ1v) is 12.4. The van der Waals surface area contributed by atoms with Crippen LogP contribution in [0.15, 0.2) is 30.3 Å². The molecule has 3 rings (SSSR count). The van der Waals surface area contributed by atoms with E-state index in [1.807, 2.05) is 48.8 Å². The zero-order valence-corrected chi connectivity index (χ0v) is 21.3. The average Bonchev–Trinajstić information content (AvgIpc) is 3.35. The number of benzene rings is 1. The van der Waals surface area contributed by atoms with Gasteiger partial charge in [-0.05, 0) is 50.6 Å². The number of hydrogen-bond acceptors (Lipinski definition) is 5. The second-order valence-corrected chi connectivity index (χ2v) is 10.8. The first-order chi connectivity index (χ1) is 16.0. The quantitative estimate of drug-likeness (QED) is 0.503. The molecule has 1 saturated carbocycles. The van der Waals surface area contributed by atoms with Crippen LogP contribution in [0.2, 0.25) is 0 Å². The minimum Gasteiger partial charge on any atom is -0.342 e. The lowest BCUT2D eigenvalue weighted by atomic mass is 9.85. The van der Waals surface area contributed by atoms with Gasteiger partial charge in [-0.15, -0.1) is 0 Å². The number of nitrogens with two attached hydrogens (primary N) is 1. The number of likely N-dealkylation sites (N-methyl/N-ethyl adjacent to an activating group) is 1. The predicted octanol–water partition coefficient (Wildman–Crippen LogP) is 1.29. The summed E-state index contributed by atoms with van der Waals surface area (Å²) < 4.78 is 0. The van der Waals surface area contributed by atoms with E-state index in [-0.39, 0.29) is 35.8 Å². The Morgan fingerprint density at radius 2 is 1.91 bits per heavy atom. The van der Waals surface area contributed by atoms with Gasteiger partial charge in [0.1, 0.15) is 6.04 Å². The maximum absolute atomic E-state index is 13.8. The number of amides is 3. The van der Waals surface area contributed by atoms with Gasteiger partial charge in [0.05, 0.1) is 24.2 Å². The van der Waals surface area contributed by atoms with E-state index in [0.717, 1.165) is 25.7 Å². The van der Waals surface area contributed by atoms with E-state index in [1.54, 1.807) is 14.0 Å². The second-order valence-electron chi connectivity index (χ2n) is 10.8. The lowest BCUT2D eigenvalue weighted by Crippen LogP contribution is -2.59. The molecule has 1 aliphatic carbocycles. The van der Waals surface area contributed by atoms with Gasteiger partial charge in [-0.25, -0.2) is 0 Å². The number of carbonyl (C=O) groups is 3. The van der Waals surface area contributed by atoms with E-state index >= 15 is 0 Å². The smallest absolute Gasteiger partial charge is 0.246 e. The molecule has 1 spiro atoms. The summed E-state index contributed by atoms with van der Waals surface area (Å²) >= 11 is 0. The highest BCUT2D eigenvalue weighted by atomic mass is 16.2. The fraction of sp³-hybridized carbons (Fsp3) is 0.654. The lowest BCUT2D eigenvalue weighted by molar-refractivity contribution is -0.142. The zero-order chi connectivity index (χ0) is 25.1. The van der Waals surface area contributed by atoms with Crippen molar-refractivity contribution >= 4 is 17.7 Å². The Bertz CT molecular complexity index is 884. The van der Waals surface area contributed by atoms with Crippen molar-refractivity contribution in [1.82, 2.24) is 20.4 Å². The Morgan fingerprint density at radius 3 is 2.50 bits per heavy atom. The molecular weight excluding hydrogens is 430 g/mol. The Hall–Kier alpha value is -2.45. The molecule has 1 saturated heterocycles. The van der Waals surface area contributed by atoms with Gasteiger partial charge in [0.25, 0.3) is 0 Å². The standard InChI is InChI=1S/C26H41N5O3/c1-18(28-5)23(33)29-22(25(2,3)4)24(34)31-14-9-13-26(31)16-20(26)30(21(32)17-27)15-12-19-10-7-6-8-11-19/h6-8,10-11,18,20,22,28H,9,12-17,27H2,1-5H3,(H,29,33)/t18-,20-,22+,26?/m0/s1. The van der Waals surface area contributed by atoms with Gasteiger partial charge < -0.3 is 26.2 Å². The molecule has 4 atom stereocenters. The van der Waals surface area contributed by atoms with Crippen molar-refractivity contribution in [3.63, 3.8) is 0 Å². The highest BCUT2D eigenvalue weighted by molar-refractivity contribution is 5.91. The van der Waals surface area contributed by atoms with Crippen molar-refractivity contribution in [3.05, 3.63) is 35.9 Å². The van der Waals surface area contributed by atoms with Gasteiger partial charge in [0, 0.05) is 13.1 Å². The minimum absolute atomic E-state index is 0.0359. The summed E-state index contributed by atoms with van der Waals surface area (Å²) in [4.78, 5) is 43.1. The van der Waals surface area contributed by atoms with Crippen LogP contribution in [0.25, 0.3) is 0 Å². The van der Waals surface area contributed by atoms with Crippen molar-refractivity contribution in [3.8, 4) is 0 Å². The van der Waals surface area contributed by atoms with E-state index in [2.05, 4.69) is 22.8 Å². The fourth-order valence-corrected chi connectivity index (χ4v) is 5.13. The van der Waals surface area contributed by atoms with Crippen LogP contribution in [0.3, 0.4) is 0 Å². The van der Waals surface area contributed by atoms with Gasteiger partial charge in [0.15, 0.2) is 0 Å². The summed E-state index contributed by atoms with van der Waals surface area (Å²) in [6.45, 7) is 8.86. The third kappa shape index (κ3) is 5.44. The molecule has 8 heteroatoms. The topological polar surface area (TPSA) is 108 Å². The maximum Gasteiger partial charge on any atom is 0.246 e. The summed E-state index contributed by atoms with van der Waals surface area (Å²) in [5.74, 6) is -0.341. The Balaban J connectivity index is 1.78. The molecule has 3 amide bonds. The molecule has 8 nitrogen and oxygen atoms in total. The molecule has 1 unspecified atom stereocenters. The molecule has 34 heavy (non-hydrogen) atoms. The predicted molar refractivity (Wildman–Crippen MR) is 133 cm³/mol. The third-order valence-corrected chi connectivity index (χ3v) is 7.38. The molecule has 1 heterocycles. The fourth-order valence-electron chi connectivity index (χ4n) is 5.13. The highest BCUT2D eigenvalue weighted by Crippen LogP contribution is 2.53. The van der Waals surface area contributed by atoms with Crippen molar-refractivity contribution in [1.29, 1.82) is 0 Å². The molecule has 0 radical (unpaired) electrons. The van der Waals surface area contributed by atoms with Gasteiger partial charge in [-0.3, -0.25) is 14.4 Å². The van der Waals surface area contributed by atoms with Crippen molar-refractivity contribution in [2.75, 3.05) is 26.7 Å². The third-order valence-electron chi connectivity index (χ3n) is 7.38. The van der Waals surface area contributed by atoms with Gasteiger partial charge >= 0.3 is 0 Å². The molecule has 0 bridgehead atoms. The number of nitrogens with one attached hydrogen (secondary N) is 2. The molecular formula is C26H41N5O3. The summed E-state index contributed by atoms with van der Waals surface area (Å²) in [7, 11) is 1.72. The Labute approximate surface area is 203 Å². The molecule has 1 aromatic carbocycles.